The van der Waals surface area contributed by atoms with Gasteiger partial charge in [0.2, 0.25) is 0 Å². The predicted molar refractivity (Wildman–Crippen MR) is 133 cm³/mol. The first-order valence-electron chi connectivity index (χ1n) is 11.2. The largest absolute Gasteiger partial charge is 0.494 e. The lowest BCUT2D eigenvalue weighted by atomic mass is 10.2. The number of rotatable bonds is 11. The Bertz CT molecular complexity index is 1160. The number of hydrogen-bond acceptors (Lipinski definition) is 7. The molecule has 8 nitrogen and oxygen atoms in total. The standard InChI is InChI=1S/C27H28N2O6/c1-4-16-34-23-13-9-21(10-14-23)27(31)35-24-15-6-19(17-25(24)32-3)18-28-29-26(30)20-7-11-22(12-8-20)33-5-2/h6-15,17-18H,4-5,16H2,1-3H3,(H,29,30). The van der Waals surface area contributed by atoms with Gasteiger partial charge >= 0.3 is 5.97 Å². The van der Waals surface area contributed by atoms with E-state index in [1.807, 2.05) is 13.8 Å². The van der Waals surface area contributed by atoms with Gasteiger partial charge in [-0.25, -0.2) is 10.2 Å². The molecule has 0 radical (unpaired) electrons. The van der Waals surface area contributed by atoms with E-state index >= 15 is 0 Å². The summed E-state index contributed by atoms with van der Waals surface area (Å²) in [5, 5.41) is 3.99. The van der Waals surface area contributed by atoms with Crippen LogP contribution in [-0.4, -0.2) is 38.4 Å². The minimum absolute atomic E-state index is 0.263. The highest BCUT2D eigenvalue weighted by Gasteiger charge is 2.13. The maximum atomic E-state index is 12.5. The van der Waals surface area contributed by atoms with Crippen LogP contribution in [0.4, 0.5) is 0 Å². The highest BCUT2D eigenvalue weighted by Crippen LogP contribution is 2.28. The Balaban J connectivity index is 1.60. The van der Waals surface area contributed by atoms with Crippen molar-refractivity contribution in [2.24, 2.45) is 5.10 Å². The molecule has 0 aromatic heterocycles. The van der Waals surface area contributed by atoms with Crippen molar-refractivity contribution in [3.05, 3.63) is 83.4 Å². The molecular formula is C27H28N2O6. The van der Waals surface area contributed by atoms with Crippen molar-refractivity contribution in [3.8, 4) is 23.0 Å². The third-order valence-electron chi connectivity index (χ3n) is 4.76. The van der Waals surface area contributed by atoms with Crippen LogP contribution in [0, 0.1) is 0 Å². The van der Waals surface area contributed by atoms with E-state index in [9.17, 15) is 9.59 Å². The van der Waals surface area contributed by atoms with Crippen LogP contribution in [0.5, 0.6) is 23.0 Å². The highest BCUT2D eigenvalue weighted by molar-refractivity contribution is 5.95. The van der Waals surface area contributed by atoms with E-state index in [1.165, 1.54) is 13.3 Å². The zero-order valence-corrected chi connectivity index (χ0v) is 19.9. The minimum Gasteiger partial charge on any atom is -0.494 e. The number of carbonyl (C=O) groups excluding carboxylic acids is 2. The molecule has 182 valence electrons. The maximum Gasteiger partial charge on any atom is 0.343 e. The van der Waals surface area contributed by atoms with Crippen molar-refractivity contribution >= 4 is 18.1 Å². The molecular weight excluding hydrogens is 448 g/mol. The summed E-state index contributed by atoms with van der Waals surface area (Å²) in [4.78, 5) is 24.8. The molecule has 8 heteroatoms. The Morgan fingerprint density at radius 3 is 2.14 bits per heavy atom. The molecule has 0 unspecified atom stereocenters. The number of nitrogens with zero attached hydrogens (tertiary/aromatic N) is 1. The Morgan fingerprint density at radius 1 is 0.857 bits per heavy atom. The lowest BCUT2D eigenvalue weighted by molar-refractivity contribution is 0.0729. The summed E-state index contributed by atoms with van der Waals surface area (Å²) in [6.45, 7) is 5.08. The normalized spacial score (nSPS) is 10.6. The van der Waals surface area contributed by atoms with Crippen LogP contribution < -0.4 is 24.4 Å². The third kappa shape index (κ3) is 7.33. The lowest BCUT2D eigenvalue weighted by Crippen LogP contribution is -2.17. The Kier molecular flexibility index (Phi) is 9.24. The second kappa shape index (κ2) is 12.8. The number of methoxy groups -OCH3 is 1. The third-order valence-corrected chi connectivity index (χ3v) is 4.76. The zero-order chi connectivity index (χ0) is 25.0. The lowest BCUT2D eigenvalue weighted by Gasteiger charge is -2.10. The Hall–Kier alpha value is -4.33. The van der Waals surface area contributed by atoms with E-state index in [2.05, 4.69) is 10.5 Å². The van der Waals surface area contributed by atoms with Crippen LogP contribution in [0.15, 0.2) is 71.8 Å². The molecule has 1 amide bonds. The van der Waals surface area contributed by atoms with Gasteiger partial charge in [-0.2, -0.15) is 5.10 Å². The van der Waals surface area contributed by atoms with Crippen LogP contribution in [0.3, 0.4) is 0 Å². The second-order valence-corrected chi connectivity index (χ2v) is 7.33. The molecule has 1 N–H and O–H groups in total. The summed E-state index contributed by atoms with van der Waals surface area (Å²) in [6, 6.07) is 18.5. The van der Waals surface area contributed by atoms with Gasteiger partial charge in [-0.05, 0) is 85.6 Å². The number of benzene rings is 3. The Morgan fingerprint density at radius 2 is 1.51 bits per heavy atom. The number of ether oxygens (including phenoxy) is 4. The van der Waals surface area contributed by atoms with Crippen molar-refractivity contribution in [1.29, 1.82) is 0 Å². The van der Waals surface area contributed by atoms with E-state index in [4.69, 9.17) is 18.9 Å². The van der Waals surface area contributed by atoms with Gasteiger partial charge in [-0.1, -0.05) is 6.92 Å². The molecule has 3 aromatic carbocycles. The molecule has 0 spiro atoms. The maximum absolute atomic E-state index is 12.5. The average molecular weight is 477 g/mol. The van der Waals surface area contributed by atoms with Crippen LogP contribution >= 0.6 is 0 Å². The molecule has 0 atom stereocenters. The van der Waals surface area contributed by atoms with Gasteiger partial charge in [0, 0.05) is 5.56 Å². The molecule has 3 aromatic rings. The van der Waals surface area contributed by atoms with Crippen molar-refractivity contribution in [3.63, 3.8) is 0 Å². The number of esters is 1. The minimum atomic E-state index is -0.519. The first-order valence-corrected chi connectivity index (χ1v) is 11.2. The molecule has 0 bridgehead atoms. The van der Waals surface area contributed by atoms with Gasteiger partial charge in [0.15, 0.2) is 11.5 Å². The molecule has 0 saturated carbocycles. The molecule has 0 aliphatic carbocycles. The molecule has 0 heterocycles. The van der Waals surface area contributed by atoms with Crippen molar-refractivity contribution in [2.45, 2.75) is 20.3 Å². The number of nitrogens with one attached hydrogen (secondary N) is 1. The van der Waals surface area contributed by atoms with Gasteiger partial charge in [-0.3, -0.25) is 4.79 Å². The molecule has 0 fully saturated rings. The van der Waals surface area contributed by atoms with Crippen molar-refractivity contribution in [2.75, 3.05) is 20.3 Å². The van der Waals surface area contributed by atoms with E-state index < -0.39 is 5.97 Å². The van der Waals surface area contributed by atoms with Gasteiger partial charge in [0.25, 0.3) is 5.91 Å². The molecule has 3 rings (SSSR count). The molecule has 0 aliphatic heterocycles. The molecule has 0 saturated heterocycles. The van der Waals surface area contributed by atoms with Crippen LogP contribution in [-0.2, 0) is 0 Å². The van der Waals surface area contributed by atoms with Gasteiger partial charge in [0.1, 0.15) is 11.5 Å². The number of carbonyl (C=O) groups is 2. The molecule has 35 heavy (non-hydrogen) atoms. The number of hydrogen-bond donors (Lipinski definition) is 1. The first kappa shape index (κ1) is 25.3. The van der Waals surface area contributed by atoms with Gasteiger partial charge in [-0.15, -0.1) is 0 Å². The molecule has 0 aliphatic rings. The first-order chi connectivity index (χ1) is 17.0. The fourth-order valence-electron chi connectivity index (χ4n) is 3.01. The van der Waals surface area contributed by atoms with Crippen molar-refractivity contribution < 1.29 is 28.5 Å². The summed E-state index contributed by atoms with van der Waals surface area (Å²) in [5.41, 5.74) is 3.96. The summed E-state index contributed by atoms with van der Waals surface area (Å²) in [7, 11) is 1.47. The van der Waals surface area contributed by atoms with Gasteiger partial charge < -0.3 is 18.9 Å². The topological polar surface area (TPSA) is 95.5 Å². The predicted octanol–water partition coefficient (Wildman–Crippen LogP) is 4.87. The average Bonchev–Trinajstić information content (AvgIpc) is 2.89. The van der Waals surface area contributed by atoms with E-state index in [-0.39, 0.29) is 11.7 Å². The van der Waals surface area contributed by atoms with Crippen LogP contribution in [0.2, 0.25) is 0 Å². The Labute approximate surface area is 204 Å². The van der Waals surface area contributed by atoms with Gasteiger partial charge in [0.05, 0.1) is 32.1 Å². The highest BCUT2D eigenvalue weighted by atomic mass is 16.6. The van der Waals surface area contributed by atoms with Crippen LogP contribution in [0.1, 0.15) is 46.5 Å². The zero-order valence-electron chi connectivity index (χ0n) is 19.9. The van der Waals surface area contributed by atoms with E-state index in [1.54, 1.807) is 66.7 Å². The fourth-order valence-corrected chi connectivity index (χ4v) is 3.01. The summed E-state index contributed by atoms with van der Waals surface area (Å²) in [5.74, 6) is 1.13. The number of hydrazone groups is 1. The summed E-state index contributed by atoms with van der Waals surface area (Å²) >= 11 is 0. The second-order valence-electron chi connectivity index (χ2n) is 7.33. The fraction of sp³-hybridized carbons (Fsp3) is 0.222. The number of amides is 1. The smallest absolute Gasteiger partial charge is 0.343 e. The summed E-state index contributed by atoms with van der Waals surface area (Å²) < 4.78 is 21.7. The van der Waals surface area contributed by atoms with E-state index in [0.717, 1.165) is 6.42 Å². The van der Waals surface area contributed by atoms with Crippen LogP contribution in [0.25, 0.3) is 0 Å². The van der Waals surface area contributed by atoms with E-state index in [0.29, 0.717) is 47.2 Å². The summed E-state index contributed by atoms with van der Waals surface area (Å²) in [6.07, 6.45) is 2.37. The van der Waals surface area contributed by atoms with Crippen molar-refractivity contribution in [1.82, 2.24) is 5.43 Å². The SMILES string of the molecule is CCCOc1ccc(C(=O)Oc2ccc(C=NNC(=O)c3ccc(OCC)cc3)cc2OC)cc1. The quantitative estimate of drug-likeness (QED) is 0.184. The monoisotopic (exact) mass is 476 g/mol.